The fourth-order valence-corrected chi connectivity index (χ4v) is 3.07. The van der Waals surface area contributed by atoms with E-state index in [4.69, 9.17) is 9.47 Å². The molecule has 148 valence electrons. The molecular weight excluding hydrogens is 328 g/mol. The molecule has 0 aliphatic carbocycles. The molecule has 0 bridgehead atoms. The number of carbonyl (C=O) groups is 2. The molecule has 0 unspecified atom stereocenters. The van der Waals surface area contributed by atoms with Crippen molar-refractivity contribution in [3.05, 3.63) is 24.2 Å². The van der Waals surface area contributed by atoms with Crippen LogP contribution in [-0.2, 0) is 19.1 Å². The molecule has 0 N–H and O–H groups in total. The van der Waals surface area contributed by atoms with E-state index in [2.05, 4.69) is 6.92 Å². The second-order valence-corrected chi connectivity index (χ2v) is 7.08. The van der Waals surface area contributed by atoms with Gasteiger partial charge in [0.05, 0.1) is 0 Å². The van der Waals surface area contributed by atoms with Crippen LogP contribution in [0.3, 0.4) is 0 Å². The van der Waals surface area contributed by atoms with E-state index in [1.54, 1.807) is 6.08 Å². The van der Waals surface area contributed by atoms with Gasteiger partial charge in [-0.15, -0.1) is 0 Å². The van der Waals surface area contributed by atoms with E-state index >= 15 is 0 Å². The molecule has 1 heterocycles. The van der Waals surface area contributed by atoms with Crippen LogP contribution in [0.15, 0.2) is 24.2 Å². The SMILES string of the molecule is CCCCCCCCCCCCCCCCC=C1OC(=O)C=CC(=O)O1. The maximum atomic E-state index is 11.2. The minimum absolute atomic E-state index is 0.0136. The van der Waals surface area contributed by atoms with Gasteiger partial charge >= 0.3 is 11.9 Å². The minimum atomic E-state index is -0.567. The van der Waals surface area contributed by atoms with E-state index in [1.165, 1.54) is 77.0 Å². The third kappa shape index (κ3) is 12.7. The quantitative estimate of drug-likeness (QED) is 0.251. The van der Waals surface area contributed by atoms with Crippen molar-refractivity contribution in [1.82, 2.24) is 0 Å². The van der Waals surface area contributed by atoms with Gasteiger partial charge in [-0.2, -0.15) is 0 Å². The Balaban J connectivity index is 1.87. The Morgan fingerprint density at radius 2 is 1.04 bits per heavy atom. The van der Waals surface area contributed by atoms with Gasteiger partial charge in [0.25, 0.3) is 5.95 Å². The summed E-state index contributed by atoms with van der Waals surface area (Å²) in [4.78, 5) is 22.4. The maximum absolute atomic E-state index is 11.2. The average Bonchev–Trinajstić information content (AvgIpc) is 2.79. The molecule has 0 saturated heterocycles. The van der Waals surface area contributed by atoms with Crippen LogP contribution in [0.25, 0.3) is 0 Å². The molecule has 26 heavy (non-hydrogen) atoms. The van der Waals surface area contributed by atoms with Gasteiger partial charge in [-0.25, -0.2) is 9.59 Å². The number of ether oxygens (including phenoxy) is 2. The number of hydrogen-bond donors (Lipinski definition) is 0. The predicted molar refractivity (Wildman–Crippen MR) is 104 cm³/mol. The highest BCUT2D eigenvalue weighted by Gasteiger charge is 2.13. The van der Waals surface area contributed by atoms with Gasteiger partial charge < -0.3 is 9.47 Å². The summed E-state index contributed by atoms with van der Waals surface area (Å²) in [5.41, 5.74) is 0. The van der Waals surface area contributed by atoms with Crippen LogP contribution in [0.2, 0.25) is 0 Å². The monoisotopic (exact) mass is 364 g/mol. The van der Waals surface area contributed by atoms with Crippen molar-refractivity contribution in [2.45, 2.75) is 103 Å². The number of carbonyl (C=O) groups excluding carboxylic acids is 2. The Morgan fingerprint density at radius 1 is 0.654 bits per heavy atom. The topological polar surface area (TPSA) is 52.6 Å². The molecule has 1 rings (SSSR count). The summed E-state index contributed by atoms with van der Waals surface area (Å²) in [6, 6.07) is 0. The molecule has 0 saturated carbocycles. The largest absolute Gasteiger partial charge is 0.390 e. The highest BCUT2D eigenvalue weighted by atomic mass is 16.7. The molecule has 1 aliphatic heterocycles. The molecular formula is C22H36O4. The van der Waals surface area contributed by atoms with Crippen LogP contribution in [0.5, 0.6) is 0 Å². The highest BCUT2D eigenvalue weighted by Crippen LogP contribution is 2.14. The van der Waals surface area contributed by atoms with Crippen molar-refractivity contribution < 1.29 is 19.1 Å². The Labute approximate surface area is 159 Å². The predicted octanol–water partition coefficient (Wildman–Crippen LogP) is 6.36. The van der Waals surface area contributed by atoms with E-state index in [9.17, 15) is 9.59 Å². The molecule has 0 fully saturated rings. The fraction of sp³-hybridized carbons (Fsp3) is 0.727. The van der Waals surface area contributed by atoms with Crippen molar-refractivity contribution in [2.75, 3.05) is 0 Å². The summed E-state index contributed by atoms with van der Waals surface area (Å²) in [7, 11) is 0. The van der Waals surface area contributed by atoms with Crippen LogP contribution < -0.4 is 0 Å². The summed E-state index contributed by atoms with van der Waals surface area (Å²) < 4.78 is 9.79. The molecule has 0 atom stereocenters. The lowest BCUT2D eigenvalue weighted by Crippen LogP contribution is -2.03. The second-order valence-electron chi connectivity index (χ2n) is 7.08. The van der Waals surface area contributed by atoms with Crippen molar-refractivity contribution in [2.24, 2.45) is 0 Å². The standard InChI is InChI=1S/C22H36O4/c1-2-3-4-5-6-7-8-9-10-11-12-13-14-15-16-17-22-25-20(23)18-19-21(24)26-22/h17-19H,2-16H2,1H3. The van der Waals surface area contributed by atoms with Gasteiger partial charge in [-0.1, -0.05) is 90.4 Å². The zero-order valence-corrected chi connectivity index (χ0v) is 16.5. The first kappa shape index (κ1) is 22.5. The third-order valence-electron chi connectivity index (χ3n) is 4.63. The fourth-order valence-electron chi connectivity index (χ4n) is 3.07. The second kappa shape index (κ2) is 15.7. The zero-order valence-electron chi connectivity index (χ0n) is 16.5. The van der Waals surface area contributed by atoms with E-state index in [0.717, 1.165) is 31.4 Å². The summed E-state index contributed by atoms with van der Waals surface area (Å²) in [5.74, 6) is -1.12. The number of allylic oxidation sites excluding steroid dienone is 1. The van der Waals surface area contributed by atoms with Gasteiger partial charge in [-0.3, -0.25) is 0 Å². The smallest absolute Gasteiger partial charge is 0.338 e. The van der Waals surface area contributed by atoms with Crippen LogP contribution in [0.1, 0.15) is 103 Å². The molecule has 0 aromatic carbocycles. The number of esters is 2. The highest BCUT2D eigenvalue weighted by molar-refractivity contribution is 5.93. The van der Waals surface area contributed by atoms with Gasteiger partial charge in [0.1, 0.15) is 0 Å². The van der Waals surface area contributed by atoms with E-state index in [1.807, 2.05) is 0 Å². The van der Waals surface area contributed by atoms with E-state index in [0.29, 0.717) is 0 Å². The van der Waals surface area contributed by atoms with Crippen LogP contribution in [0, 0.1) is 0 Å². The van der Waals surface area contributed by atoms with Gasteiger partial charge in [-0.05, 0) is 18.9 Å². The van der Waals surface area contributed by atoms with Gasteiger partial charge in [0.2, 0.25) is 0 Å². The van der Waals surface area contributed by atoms with Gasteiger partial charge in [0, 0.05) is 12.2 Å². The molecule has 0 aromatic rings. The summed E-state index contributed by atoms with van der Waals surface area (Å²) in [6.45, 7) is 2.26. The maximum Gasteiger partial charge on any atom is 0.338 e. The van der Waals surface area contributed by atoms with Gasteiger partial charge in [0.15, 0.2) is 0 Å². The Hall–Kier alpha value is -1.58. The molecule has 0 spiro atoms. The molecule has 1 aliphatic rings. The summed E-state index contributed by atoms with van der Waals surface area (Å²) >= 11 is 0. The summed E-state index contributed by atoms with van der Waals surface area (Å²) in [5, 5.41) is 0. The lowest BCUT2D eigenvalue weighted by Gasteiger charge is -2.04. The Kier molecular flexibility index (Phi) is 13.5. The van der Waals surface area contributed by atoms with Crippen molar-refractivity contribution >= 4 is 11.9 Å². The van der Waals surface area contributed by atoms with Crippen LogP contribution in [0.4, 0.5) is 0 Å². The van der Waals surface area contributed by atoms with Crippen molar-refractivity contribution in [3.63, 3.8) is 0 Å². The summed E-state index contributed by atoms with van der Waals surface area (Å²) in [6.07, 6.45) is 23.1. The van der Waals surface area contributed by atoms with Crippen molar-refractivity contribution in [1.29, 1.82) is 0 Å². The molecule has 4 nitrogen and oxygen atoms in total. The van der Waals surface area contributed by atoms with Crippen molar-refractivity contribution in [3.8, 4) is 0 Å². The number of unbranched alkanes of at least 4 members (excludes halogenated alkanes) is 14. The molecule has 0 radical (unpaired) electrons. The lowest BCUT2D eigenvalue weighted by molar-refractivity contribution is -0.145. The normalized spacial score (nSPS) is 14.1. The third-order valence-corrected chi connectivity index (χ3v) is 4.63. The molecule has 0 amide bonds. The number of rotatable bonds is 15. The first-order valence-electron chi connectivity index (χ1n) is 10.5. The first-order valence-corrected chi connectivity index (χ1v) is 10.5. The average molecular weight is 365 g/mol. The lowest BCUT2D eigenvalue weighted by atomic mass is 10.0. The Bertz CT molecular complexity index is 429. The molecule has 0 aromatic heterocycles. The Morgan fingerprint density at radius 3 is 1.46 bits per heavy atom. The molecule has 4 heteroatoms. The van der Waals surface area contributed by atoms with Crippen LogP contribution in [-0.4, -0.2) is 11.9 Å². The van der Waals surface area contributed by atoms with E-state index in [-0.39, 0.29) is 5.95 Å². The van der Waals surface area contributed by atoms with E-state index < -0.39 is 11.9 Å². The first-order chi connectivity index (χ1) is 12.7. The minimum Gasteiger partial charge on any atom is -0.390 e. The number of cyclic esters (lactones) is 2. The number of hydrogen-bond acceptors (Lipinski definition) is 4. The zero-order chi connectivity index (χ0) is 18.9. The van der Waals surface area contributed by atoms with Crippen LogP contribution >= 0.6 is 0 Å².